The van der Waals surface area contributed by atoms with Crippen molar-refractivity contribution in [2.75, 3.05) is 25.6 Å². The number of halogens is 1. The Morgan fingerprint density at radius 3 is 2.67 bits per heavy atom. The van der Waals surface area contributed by atoms with Crippen LogP contribution in [0.4, 0.5) is 0 Å². The highest BCUT2D eigenvalue weighted by Gasteiger charge is 2.14. The molecule has 1 aromatic rings. The third-order valence-corrected chi connectivity index (χ3v) is 5.54. The fraction of sp³-hybridized carbons (Fsp3) is 0.571. The zero-order valence-electron chi connectivity index (χ0n) is 12.5. The molecule has 21 heavy (non-hydrogen) atoms. The number of unbranched alkanes of at least 4 members (excludes halogenated alkanes) is 2. The lowest BCUT2D eigenvalue weighted by atomic mass is 10.2. The maximum atomic E-state index is 12.2. The quantitative estimate of drug-likeness (QED) is 0.637. The van der Waals surface area contributed by atoms with E-state index in [2.05, 4.69) is 16.3 Å². The van der Waals surface area contributed by atoms with Gasteiger partial charge in [0.25, 0.3) is 0 Å². The molecule has 0 unspecified atom stereocenters. The van der Waals surface area contributed by atoms with Crippen LogP contribution in [-0.2, 0) is 16.6 Å². The van der Waals surface area contributed by atoms with Gasteiger partial charge in [0.2, 0.25) is 10.0 Å². The second-order valence-electron chi connectivity index (χ2n) is 4.73. The fourth-order valence-corrected chi connectivity index (χ4v) is 3.68. The van der Waals surface area contributed by atoms with E-state index in [1.165, 1.54) is 6.07 Å². The molecule has 0 fully saturated rings. The van der Waals surface area contributed by atoms with Gasteiger partial charge in [-0.3, -0.25) is 0 Å². The summed E-state index contributed by atoms with van der Waals surface area (Å²) in [5.41, 5.74) is 0.780. The van der Waals surface area contributed by atoms with Gasteiger partial charge in [-0.15, -0.1) is 0 Å². The molecular weight excluding hydrogens is 328 g/mol. The molecule has 1 rings (SSSR count). The first-order valence-corrected chi connectivity index (χ1v) is 10.2. The SMILES string of the molecule is CNCc1cc(S(=O)(=O)NCCCCCSC)ccc1Cl. The third-order valence-electron chi connectivity index (χ3n) is 3.01. The number of hydrogen-bond acceptors (Lipinski definition) is 4. The van der Waals surface area contributed by atoms with Gasteiger partial charge in [0.05, 0.1) is 4.90 Å². The second kappa shape index (κ2) is 9.69. The summed E-state index contributed by atoms with van der Waals surface area (Å²) < 4.78 is 27.1. The Morgan fingerprint density at radius 2 is 2.00 bits per heavy atom. The first-order valence-electron chi connectivity index (χ1n) is 6.93. The van der Waals surface area contributed by atoms with Crippen LogP contribution in [0.3, 0.4) is 0 Å². The summed E-state index contributed by atoms with van der Waals surface area (Å²) in [4.78, 5) is 0.265. The van der Waals surface area contributed by atoms with Gasteiger partial charge in [0.1, 0.15) is 0 Å². The number of benzene rings is 1. The monoisotopic (exact) mass is 350 g/mol. The van der Waals surface area contributed by atoms with Crippen LogP contribution >= 0.6 is 23.4 Å². The first-order chi connectivity index (χ1) is 10.0. The van der Waals surface area contributed by atoms with Gasteiger partial charge in [-0.1, -0.05) is 18.0 Å². The third kappa shape index (κ3) is 6.57. The van der Waals surface area contributed by atoms with E-state index >= 15 is 0 Å². The predicted octanol–water partition coefficient (Wildman–Crippen LogP) is 2.87. The molecule has 0 aliphatic carbocycles. The maximum absolute atomic E-state index is 12.2. The van der Waals surface area contributed by atoms with Crippen molar-refractivity contribution in [3.8, 4) is 0 Å². The summed E-state index contributed by atoms with van der Waals surface area (Å²) in [7, 11) is -1.66. The lowest BCUT2D eigenvalue weighted by Gasteiger charge is -2.09. The molecule has 0 aliphatic rings. The topological polar surface area (TPSA) is 58.2 Å². The van der Waals surface area contributed by atoms with Crippen LogP contribution in [-0.4, -0.2) is 34.0 Å². The van der Waals surface area contributed by atoms with Crippen LogP contribution in [0.5, 0.6) is 0 Å². The van der Waals surface area contributed by atoms with Crippen LogP contribution < -0.4 is 10.0 Å². The van der Waals surface area contributed by atoms with Crippen LogP contribution in [0.15, 0.2) is 23.1 Å². The molecule has 0 aromatic heterocycles. The number of nitrogens with one attached hydrogen (secondary N) is 2. The van der Waals surface area contributed by atoms with E-state index in [0.717, 1.165) is 30.6 Å². The van der Waals surface area contributed by atoms with Crippen LogP contribution in [0.1, 0.15) is 24.8 Å². The van der Waals surface area contributed by atoms with E-state index in [-0.39, 0.29) is 4.90 Å². The summed E-state index contributed by atoms with van der Waals surface area (Å²) in [5, 5.41) is 3.54. The van der Waals surface area contributed by atoms with Crippen molar-refractivity contribution in [1.82, 2.24) is 10.0 Å². The van der Waals surface area contributed by atoms with Gasteiger partial charge >= 0.3 is 0 Å². The molecule has 0 saturated carbocycles. The average molecular weight is 351 g/mol. The number of rotatable bonds is 10. The van der Waals surface area contributed by atoms with Gasteiger partial charge in [-0.05, 0) is 55.7 Å². The Morgan fingerprint density at radius 1 is 1.24 bits per heavy atom. The number of hydrogen-bond donors (Lipinski definition) is 2. The van der Waals surface area contributed by atoms with Gasteiger partial charge in [0, 0.05) is 18.1 Å². The summed E-state index contributed by atoms with van der Waals surface area (Å²) in [5.74, 6) is 1.12. The molecule has 0 bridgehead atoms. The Bertz CT molecular complexity index is 536. The maximum Gasteiger partial charge on any atom is 0.240 e. The zero-order chi connectivity index (χ0) is 15.7. The van der Waals surface area contributed by atoms with Crippen molar-refractivity contribution in [3.05, 3.63) is 28.8 Å². The Balaban J connectivity index is 2.59. The number of thioether (sulfide) groups is 1. The highest BCUT2D eigenvalue weighted by atomic mass is 35.5. The van der Waals surface area contributed by atoms with Crippen molar-refractivity contribution in [3.63, 3.8) is 0 Å². The highest BCUT2D eigenvalue weighted by Crippen LogP contribution is 2.20. The Labute approximate surface area is 137 Å². The van der Waals surface area contributed by atoms with E-state index in [1.54, 1.807) is 19.2 Å². The van der Waals surface area contributed by atoms with E-state index in [1.807, 2.05) is 11.8 Å². The first kappa shape index (κ1) is 18.8. The van der Waals surface area contributed by atoms with Crippen LogP contribution in [0.2, 0.25) is 5.02 Å². The molecule has 0 aliphatic heterocycles. The lowest BCUT2D eigenvalue weighted by molar-refractivity contribution is 0.576. The van der Waals surface area contributed by atoms with Gasteiger partial charge in [-0.2, -0.15) is 11.8 Å². The van der Waals surface area contributed by atoms with E-state index in [4.69, 9.17) is 11.6 Å². The molecular formula is C14H23ClN2O2S2. The smallest absolute Gasteiger partial charge is 0.240 e. The Kier molecular flexibility index (Phi) is 8.66. The van der Waals surface area contributed by atoms with Crippen molar-refractivity contribution in [2.24, 2.45) is 0 Å². The van der Waals surface area contributed by atoms with Crippen molar-refractivity contribution < 1.29 is 8.42 Å². The minimum atomic E-state index is -3.45. The fourth-order valence-electron chi connectivity index (χ4n) is 1.88. The summed E-state index contributed by atoms with van der Waals surface area (Å²) in [6.07, 6.45) is 5.09. The average Bonchev–Trinajstić information content (AvgIpc) is 2.45. The second-order valence-corrected chi connectivity index (χ2v) is 7.89. The largest absolute Gasteiger partial charge is 0.316 e. The molecule has 0 radical (unpaired) electrons. The molecule has 4 nitrogen and oxygen atoms in total. The molecule has 0 amide bonds. The van der Waals surface area contributed by atoms with Crippen LogP contribution in [0.25, 0.3) is 0 Å². The lowest BCUT2D eigenvalue weighted by Crippen LogP contribution is -2.25. The molecule has 120 valence electrons. The standard InChI is InChI=1S/C14H23ClN2O2S2/c1-16-11-12-10-13(6-7-14(12)15)21(18,19)17-8-4-3-5-9-20-2/h6-7,10,16-17H,3-5,8-9,11H2,1-2H3. The minimum absolute atomic E-state index is 0.265. The molecule has 0 saturated heterocycles. The van der Waals surface area contributed by atoms with E-state index < -0.39 is 10.0 Å². The highest BCUT2D eigenvalue weighted by molar-refractivity contribution is 7.98. The molecule has 1 aromatic carbocycles. The molecule has 0 heterocycles. The van der Waals surface area contributed by atoms with Gasteiger partial charge < -0.3 is 5.32 Å². The van der Waals surface area contributed by atoms with Gasteiger partial charge in [-0.25, -0.2) is 13.1 Å². The molecule has 0 spiro atoms. The van der Waals surface area contributed by atoms with Gasteiger partial charge in [0.15, 0.2) is 0 Å². The Hall–Kier alpha value is -0.270. The van der Waals surface area contributed by atoms with Crippen LogP contribution in [0, 0.1) is 0 Å². The van der Waals surface area contributed by atoms with Crippen molar-refractivity contribution in [1.29, 1.82) is 0 Å². The minimum Gasteiger partial charge on any atom is -0.316 e. The predicted molar refractivity (Wildman–Crippen MR) is 91.6 cm³/mol. The molecule has 0 atom stereocenters. The van der Waals surface area contributed by atoms with E-state index in [9.17, 15) is 8.42 Å². The van der Waals surface area contributed by atoms with Crippen molar-refractivity contribution in [2.45, 2.75) is 30.7 Å². The molecule has 7 heteroatoms. The van der Waals surface area contributed by atoms with E-state index in [0.29, 0.717) is 18.1 Å². The van der Waals surface area contributed by atoms with Crippen molar-refractivity contribution >= 4 is 33.4 Å². The summed E-state index contributed by atoms with van der Waals surface area (Å²) >= 11 is 7.86. The number of sulfonamides is 1. The zero-order valence-corrected chi connectivity index (χ0v) is 14.9. The molecule has 2 N–H and O–H groups in total. The summed E-state index contributed by atoms with van der Waals surface area (Å²) in [6.45, 7) is 1.01. The summed E-state index contributed by atoms with van der Waals surface area (Å²) in [6, 6.07) is 4.79. The normalized spacial score (nSPS) is 11.8.